The number of amides is 2. The molecule has 184 valence electrons. The lowest BCUT2D eigenvalue weighted by Gasteiger charge is -2.28. The highest BCUT2D eigenvalue weighted by Gasteiger charge is 2.38. The Morgan fingerprint density at radius 2 is 1.94 bits per heavy atom. The lowest BCUT2D eigenvalue weighted by atomic mass is 10.0. The minimum Gasteiger partial charge on any atom is -0.380 e. The molecule has 7 nitrogen and oxygen atoms in total. The van der Waals surface area contributed by atoms with Crippen LogP contribution in [0.15, 0.2) is 54.0 Å². The first kappa shape index (κ1) is 25.2. The summed E-state index contributed by atoms with van der Waals surface area (Å²) in [7, 11) is 0. The van der Waals surface area contributed by atoms with Gasteiger partial charge in [0.2, 0.25) is 0 Å². The van der Waals surface area contributed by atoms with E-state index >= 15 is 0 Å². The maximum Gasteiger partial charge on any atom is 0.255 e. The van der Waals surface area contributed by atoms with Crippen LogP contribution in [0, 0.1) is 5.82 Å². The van der Waals surface area contributed by atoms with Crippen LogP contribution in [0.3, 0.4) is 0 Å². The predicted molar refractivity (Wildman–Crippen MR) is 130 cm³/mol. The number of thiophene rings is 1. The fraction of sp³-hybridized carbons (Fsp3) is 0.320. The summed E-state index contributed by atoms with van der Waals surface area (Å²) in [6.45, 7) is 0.537. The SMILES string of the molecule is O=C(NCc1cc(Cc2ccc(Cl)nc2)cs1)C(O)[C@@H](O)C(=O)N1CCCC1c1ccc(F)cc1. The Bertz CT molecular complexity index is 1170. The molecule has 3 atom stereocenters. The molecule has 1 fully saturated rings. The predicted octanol–water partition coefficient (Wildman–Crippen LogP) is 3.23. The molecule has 0 radical (unpaired) electrons. The van der Waals surface area contributed by atoms with Crippen LogP contribution in [0.2, 0.25) is 5.15 Å². The fourth-order valence-corrected chi connectivity index (χ4v) is 5.09. The van der Waals surface area contributed by atoms with Gasteiger partial charge in [-0.25, -0.2) is 9.37 Å². The lowest BCUT2D eigenvalue weighted by Crippen LogP contribution is -2.50. The minimum atomic E-state index is -1.91. The zero-order valence-electron chi connectivity index (χ0n) is 18.7. The zero-order valence-corrected chi connectivity index (χ0v) is 20.3. The highest BCUT2D eigenvalue weighted by Crippen LogP contribution is 2.32. The summed E-state index contributed by atoms with van der Waals surface area (Å²) in [5, 5.41) is 25.7. The van der Waals surface area contributed by atoms with Gasteiger partial charge in [-0.1, -0.05) is 29.8 Å². The van der Waals surface area contributed by atoms with Gasteiger partial charge in [0.05, 0.1) is 12.6 Å². The average Bonchev–Trinajstić information content (AvgIpc) is 3.53. The van der Waals surface area contributed by atoms with Crippen molar-refractivity contribution in [3.8, 4) is 0 Å². The number of nitrogens with zero attached hydrogens (tertiary/aromatic N) is 2. The van der Waals surface area contributed by atoms with Crippen molar-refractivity contribution >= 4 is 34.8 Å². The van der Waals surface area contributed by atoms with Crippen LogP contribution >= 0.6 is 22.9 Å². The topological polar surface area (TPSA) is 103 Å². The molecule has 0 bridgehead atoms. The van der Waals surface area contributed by atoms with Gasteiger partial charge in [0.25, 0.3) is 11.8 Å². The van der Waals surface area contributed by atoms with E-state index in [9.17, 15) is 24.2 Å². The number of carbonyl (C=O) groups excluding carboxylic acids is 2. The van der Waals surface area contributed by atoms with E-state index in [-0.39, 0.29) is 18.4 Å². The first-order valence-corrected chi connectivity index (χ1v) is 12.4. The largest absolute Gasteiger partial charge is 0.380 e. The average molecular weight is 518 g/mol. The second kappa shape index (κ2) is 11.3. The zero-order chi connectivity index (χ0) is 24.9. The van der Waals surface area contributed by atoms with E-state index in [1.165, 1.54) is 28.4 Å². The van der Waals surface area contributed by atoms with Crippen LogP contribution in [0.1, 0.15) is 40.5 Å². The molecular weight excluding hydrogens is 493 g/mol. The molecule has 0 aliphatic carbocycles. The quantitative estimate of drug-likeness (QED) is 0.398. The summed E-state index contributed by atoms with van der Waals surface area (Å²) in [5.74, 6) is -1.94. The van der Waals surface area contributed by atoms with E-state index < -0.39 is 24.0 Å². The maximum absolute atomic E-state index is 13.3. The number of aliphatic hydroxyl groups is 2. The van der Waals surface area contributed by atoms with Crippen molar-refractivity contribution in [3.63, 3.8) is 0 Å². The van der Waals surface area contributed by atoms with Gasteiger partial charge in [0, 0.05) is 17.6 Å². The normalized spacial score (nSPS) is 17.3. The van der Waals surface area contributed by atoms with Crippen molar-refractivity contribution in [1.29, 1.82) is 0 Å². The maximum atomic E-state index is 13.3. The molecule has 3 N–H and O–H groups in total. The number of halogens is 2. The molecule has 3 aromatic rings. The monoisotopic (exact) mass is 517 g/mol. The lowest BCUT2D eigenvalue weighted by molar-refractivity contribution is -0.153. The number of aromatic nitrogens is 1. The minimum absolute atomic E-state index is 0.155. The molecule has 1 aromatic carbocycles. The first-order chi connectivity index (χ1) is 16.8. The summed E-state index contributed by atoms with van der Waals surface area (Å²) in [5.41, 5.74) is 2.78. The van der Waals surface area contributed by atoms with Crippen molar-refractivity contribution < 1.29 is 24.2 Å². The van der Waals surface area contributed by atoms with E-state index in [1.807, 2.05) is 17.5 Å². The molecule has 1 aliphatic heterocycles. The number of nitrogens with one attached hydrogen (secondary N) is 1. The Balaban J connectivity index is 1.31. The standard InChI is InChI=1S/C25H25ClFN3O4S/c26-21-8-3-15(12-28-21)10-16-11-19(35-14-16)13-29-24(33)22(31)23(32)25(34)30-9-1-2-20(30)17-4-6-18(27)7-5-17/h3-8,11-12,14,20,22-23,31-32H,1-2,9-10,13H2,(H,29,33)/t20?,22?,23-/m1/s1. The van der Waals surface area contributed by atoms with Crippen LogP contribution in [0.4, 0.5) is 4.39 Å². The smallest absolute Gasteiger partial charge is 0.255 e. The summed E-state index contributed by atoms with van der Waals surface area (Å²) in [6, 6.07) is 11.0. The van der Waals surface area contributed by atoms with Crippen LogP contribution < -0.4 is 5.32 Å². The van der Waals surface area contributed by atoms with Gasteiger partial charge in [0.1, 0.15) is 11.0 Å². The second-order valence-electron chi connectivity index (χ2n) is 8.44. The van der Waals surface area contributed by atoms with E-state index in [2.05, 4.69) is 10.3 Å². The highest BCUT2D eigenvalue weighted by molar-refractivity contribution is 7.10. The molecule has 35 heavy (non-hydrogen) atoms. The van der Waals surface area contributed by atoms with Crippen molar-refractivity contribution in [3.05, 3.63) is 86.6 Å². The number of hydrogen-bond donors (Lipinski definition) is 3. The molecule has 4 rings (SSSR count). The second-order valence-corrected chi connectivity index (χ2v) is 9.82. The fourth-order valence-electron chi connectivity index (χ4n) is 4.15. The van der Waals surface area contributed by atoms with Gasteiger partial charge in [-0.3, -0.25) is 9.59 Å². The Labute approximate surface area is 211 Å². The number of hydrogen-bond acceptors (Lipinski definition) is 6. The molecule has 2 unspecified atom stereocenters. The third-order valence-corrected chi connectivity index (χ3v) is 7.16. The van der Waals surface area contributed by atoms with Gasteiger partial charge in [0.15, 0.2) is 12.2 Å². The third-order valence-electron chi connectivity index (χ3n) is 5.95. The molecule has 10 heteroatoms. The highest BCUT2D eigenvalue weighted by atomic mass is 35.5. The number of likely N-dealkylation sites (tertiary alicyclic amines) is 1. The molecule has 1 saturated heterocycles. The van der Waals surface area contributed by atoms with E-state index in [0.717, 1.165) is 21.6 Å². The number of rotatable bonds is 8. The molecule has 0 saturated carbocycles. The summed E-state index contributed by atoms with van der Waals surface area (Å²) >= 11 is 7.26. The van der Waals surface area contributed by atoms with Crippen molar-refractivity contribution in [1.82, 2.24) is 15.2 Å². The molecule has 0 spiro atoms. The van der Waals surface area contributed by atoms with Crippen molar-refractivity contribution in [2.75, 3.05) is 6.54 Å². The van der Waals surface area contributed by atoms with Crippen LogP contribution in [-0.4, -0.2) is 50.7 Å². The Hall–Kier alpha value is -2.85. The van der Waals surface area contributed by atoms with Gasteiger partial charge in [-0.2, -0.15) is 0 Å². The molecule has 2 aromatic heterocycles. The third kappa shape index (κ3) is 6.24. The first-order valence-electron chi connectivity index (χ1n) is 11.2. The van der Waals surface area contributed by atoms with Crippen LogP contribution in [-0.2, 0) is 22.6 Å². The molecular formula is C25H25ClFN3O4S. The van der Waals surface area contributed by atoms with Crippen LogP contribution in [0.25, 0.3) is 0 Å². The number of pyridine rings is 1. The molecule has 2 amide bonds. The van der Waals surface area contributed by atoms with Crippen molar-refractivity contribution in [2.45, 2.75) is 44.1 Å². The van der Waals surface area contributed by atoms with E-state index in [4.69, 9.17) is 11.6 Å². The Kier molecular flexibility index (Phi) is 8.12. The van der Waals surface area contributed by atoms with Gasteiger partial charge >= 0.3 is 0 Å². The molecule has 3 heterocycles. The van der Waals surface area contributed by atoms with Gasteiger partial charge in [-0.05, 0) is 65.6 Å². The van der Waals surface area contributed by atoms with Gasteiger partial charge in [-0.15, -0.1) is 11.3 Å². The van der Waals surface area contributed by atoms with E-state index in [0.29, 0.717) is 31.0 Å². The summed E-state index contributed by atoms with van der Waals surface area (Å²) in [6.07, 6.45) is -0.0782. The summed E-state index contributed by atoms with van der Waals surface area (Å²) < 4.78 is 13.3. The molecule has 1 aliphatic rings. The summed E-state index contributed by atoms with van der Waals surface area (Å²) in [4.78, 5) is 31.7. The van der Waals surface area contributed by atoms with Crippen LogP contribution in [0.5, 0.6) is 0 Å². The Morgan fingerprint density at radius 3 is 2.66 bits per heavy atom. The Morgan fingerprint density at radius 1 is 1.17 bits per heavy atom. The number of aliphatic hydroxyl groups excluding tert-OH is 2. The van der Waals surface area contributed by atoms with E-state index in [1.54, 1.807) is 24.4 Å². The van der Waals surface area contributed by atoms with Crippen molar-refractivity contribution in [2.24, 2.45) is 0 Å². The number of benzene rings is 1. The number of carbonyl (C=O) groups is 2. The van der Waals surface area contributed by atoms with Gasteiger partial charge < -0.3 is 20.4 Å².